The Hall–Kier alpha value is -3.91. The van der Waals surface area contributed by atoms with Gasteiger partial charge in [0.2, 0.25) is 5.95 Å². The minimum Gasteiger partial charge on any atom is -0.494 e. The molecule has 4 aromatic rings. The lowest BCUT2D eigenvalue weighted by atomic mass is 10.0. The normalized spacial score (nSPS) is 16.0. The van der Waals surface area contributed by atoms with Gasteiger partial charge in [-0.2, -0.15) is 0 Å². The molecule has 174 valence electrons. The molecule has 34 heavy (non-hydrogen) atoms. The summed E-state index contributed by atoms with van der Waals surface area (Å²) in [6.07, 6.45) is 2.79. The quantitative estimate of drug-likeness (QED) is 0.399. The number of nitrogen functional groups attached to an aromatic ring is 1. The number of rotatable bonds is 6. The van der Waals surface area contributed by atoms with Crippen LogP contribution in [0.4, 0.5) is 21.7 Å². The first-order valence-electron chi connectivity index (χ1n) is 11.1. The molecule has 1 unspecified atom stereocenters. The number of likely N-dealkylation sites (N-methyl/N-ethyl adjacent to an activating group) is 1. The fourth-order valence-electron chi connectivity index (χ4n) is 4.24. The molecule has 0 radical (unpaired) electrons. The standard InChI is InChI=1S/C26H26FN5O2/c1-32-10-9-19(15-32)34-23-13-24(33-2)22(12-21(23)28)30-26-29-14-17-6-4-8-20(25(17)31-26)16-5-3-7-18(27)11-16/h3-8,11-14,19H,9-10,15,28H2,1-2H3,(H,29,30,31). The van der Waals surface area contributed by atoms with Crippen LogP contribution in [0.5, 0.6) is 11.5 Å². The maximum atomic E-state index is 13.8. The third-order valence-corrected chi connectivity index (χ3v) is 5.97. The minimum absolute atomic E-state index is 0.0980. The van der Waals surface area contributed by atoms with Gasteiger partial charge in [0.15, 0.2) is 0 Å². The lowest BCUT2D eigenvalue weighted by molar-refractivity contribution is 0.208. The van der Waals surface area contributed by atoms with Crippen LogP contribution >= 0.6 is 0 Å². The molecule has 0 bridgehead atoms. The summed E-state index contributed by atoms with van der Waals surface area (Å²) in [6, 6.07) is 15.8. The zero-order valence-electron chi connectivity index (χ0n) is 19.1. The van der Waals surface area contributed by atoms with E-state index < -0.39 is 0 Å². The number of fused-ring (bicyclic) bond motifs is 1. The average Bonchev–Trinajstić information content (AvgIpc) is 3.25. The van der Waals surface area contributed by atoms with Crippen molar-refractivity contribution in [1.29, 1.82) is 0 Å². The fraction of sp³-hybridized carbons (Fsp3) is 0.231. The SMILES string of the molecule is COc1cc(OC2CCN(C)C2)c(N)cc1Nc1ncc2cccc(-c3cccc(F)c3)c2n1. The number of nitrogens with two attached hydrogens (primary N) is 1. The lowest BCUT2D eigenvalue weighted by Crippen LogP contribution is -2.21. The molecule has 0 spiro atoms. The molecule has 1 atom stereocenters. The number of aromatic nitrogens is 2. The monoisotopic (exact) mass is 459 g/mol. The Bertz CT molecular complexity index is 1350. The van der Waals surface area contributed by atoms with Crippen molar-refractivity contribution in [3.63, 3.8) is 0 Å². The molecule has 1 fully saturated rings. The van der Waals surface area contributed by atoms with Gasteiger partial charge in [-0.3, -0.25) is 0 Å². The van der Waals surface area contributed by atoms with Crippen molar-refractivity contribution in [3.8, 4) is 22.6 Å². The first-order chi connectivity index (χ1) is 16.5. The van der Waals surface area contributed by atoms with Gasteiger partial charge in [-0.25, -0.2) is 14.4 Å². The summed E-state index contributed by atoms with van der Waals surface area (Å²) in [5, 5.41) is 4.06. The Morgan fingerprint density at radius 1 is 1.12 bits per heavy atom. The summed E-state index contributed by atoms with van der Waals surface area (Å²) in [6.45, 7) is 1.86. The topological polar surface area (TPSA) is 85.5 Å². The number of benzene rings is 3. The largest absolute Gasteiger partial charge is 0.494 e. The Morgan fingerprint density at radius 3 is 2.74 bits per heavy atom. The second-order valence-electron chi connectivity index (χ2n) is 8.45. The molecule has 3 N–H and O–H groups in total. The maximum absolute atomic E-state index is 13.8. The van der Waals surface area contributed by atoms with Gasteiger partial charge in [-0.05, 0) is 37.2 Å². The van der Waals surface area contributed by atoms with Crippen LogP contribution in [-0.4, -0.2) is 48.2 Å². The summed E-state index contributed by atoms with van der Waals surface area (Å²) in [5.41, 5.74) is 9.70. The van der Waals surface area contributed by atoms with Gasteiger partial charge in [0.1, 0.15) is 23.4 Å². The number of nitrogens with zero attached hydrogens (tertiary/aromatic N) is 3. The molecule has 2 heterocycles. The number of hydrogen-bond acceptors (Lipinski definition) is 7. The van der Waals surface area contributed by atoms with E-state index in [2.05, 4.69) is 22.2 Å². The lowest BCUT2D eigenvalue weighted by Gasteiger charge is -2.18. The molecular formula is C26H26FN5O2. The third kappa shape index (κ3) is 4.45. The summed E-state index contributed by atoms with van der Waals surface area (Å²) in [4.78, 5) is 11.4. The zero-order valence-corrected chi connectivity index (χ0v) is 19.1. The molecule has 0 saturated carbocycles. The maximum Gasteiger partial charge on any atom is 0.227 e. The van der Waals surface area contributed by atoms with Gasteiger partial charge < -0.3 is 25.4 Å². The van der Waals surface area contributed by atoms with Crippen molar-refractivity contribution in [3.05, 3.63) is 66.6 Å². The van der Waals surface area contributed by atoms with Crippen LogP contribution in [0.3, 0.4) is 0 Å². The first kappa shape index (κ1) is 21.9. The average molecular weight is 460 g/mol. The summed E-state index contributed by atoms with van der Waals surface area (Å²) in [5.74, 6) is 1.24. The van der Waals surface area contributed by atoms with Crippen molar-refractivity contribution in [2.24, 2.45) is 0 Å². The first-order valence-corrected chi connectivity index (χ1v) is 11.1. The van der Waals surface area contributed by atoms with Crippen LogP contribution in [0.25, 0.3) is 22.0 Å². The highest BCUT2D eigenvalue weighted by Gasteiger charge is 2.22. The number of para-hydroxylation sites is 1. The van der Waals surface area contributed by atoms with E-state index in [0.717, 1.165) is 36.0 Å². The summed E-state index contributed by atoms with van der Waals surface area (Å²) < 4.78 is 25.5. The van der Waals surface area contributed by atoms with E-state index in [1.54, 1.807) is 31.5 Å². The van der Waals surface area contributed by atoms with Gasteiger partial charge in [-0.15, -0.1) is 0 Å². The Balaban J connectivity index is 1.47. The Morgan fingerprint density at radius 2 is 1.97 bits per heavy atom. The number of hydrogen-bond donors (Lipinski definition) is 2. The van der Waals surface area contributed by atoms with Crippen molar-refractivity contribution in [2.45, 2.75) is 12.5 Å². The Kier molecular flexibility index (Phi) is 5.90. The number of ether oxygens (including phenoxy) is 2. The van der Waals surface area contributed by atoms with Crippen molar-refractivity contribution in [1.82, 2.24) is 14.9 Å². The summed E-state index contributed by atoms with van der Waals surface area (Å²) >= 11 is 0. The fourth-order valence-corrected chi connectivity index (χ4v) is 4.24. The van der Waals surface area contributed by atoms with Crippen LogP contribution in [0.1, 0.15) is 6.42 Å². The number of nitrogens with one attached hydrogen (secondary N) is 1. The van der Waals surface area contributed by atoms with Crippen molar-refractivity contribution in [2.75, 3.05) is 38.3 Å². The highest BCUT2D eigenvalue weighted by Crippen LogP contribution is 2.37. The highest BCUT2D eigenvalue weighted by atomic mass is 19.1. The van der Waals surface area contributed by atoms with Crippen LogP contribution in [0, 0.1) is 5.82 Å². The smallest absolute Gasteiger partial charge is 0.227 e. The van der Waals surface area contributed by atoms with Gasteiger partial charge in [0.05, 0.1) is 24.0 Å². The Labute approximate surface area is 197 Å². The second kappa shape index (κ2) is 9.15. The predicted octanol–water partition coefficient (Wildman–Crippen LogP) is 4.85. The molecular weight excluding hydrogens is 433 g/mol. The van der Waals surface area contributed by atoms with Crippen molar-refractivity contribution < 1.29 is 13.9 Å². The van der Waals surface area contributed by atoms with Crippen molar-refractivity contribution >= 4 is 28.2 Å². The van der Waals surface area contributed by atoms with Crippen LogP contribution in [-0.2, 0) is 0 Å². The molecule has 0 aliphatic carbocycles. The van der Waals surface area contributed by atoms with E-state index in [9.17, 15) is 4.39 Å². The molecule has 5 rings (SSSR count). The van der Waals surface area contributed by atoms with Gasteiger partial charge in [0, 0.05) is 36.3 Å². The molecule has 1 aromatic heterocycles. The number of anilines is 3. The minimum atomic E-state index is -0.298. The second-order valence-corrected chi connectivity index (χ2v) is 8.45. The molecule has 3 aromatic carbocycles. The van der Waals surface area contributed by atoms with E-state index in [1.807, 2.05) is 24.3 Å². The van der Waals surface area contributed by atoms with Gasteiger partial charge in [0.25, 0.3) is 0 Å². The predicted molar refractivity (Wildman–Crippen MR) is 132 cm³/mol. The summed E-state index contributed by atoms with van der Waals surface area (Å²) in [7, 11) is 3.66. The van der Waals surface area contributed by atoms with E-state index in [4.69, 9.17) is 20.2 Å². The van der Waals surface area contributed by atoms with Crippen LogP contribution in [0.15, 0.2) is 60.8 Å². The molecule has 7 nitrogen and oxygen atoms in total. The number of likely N-dealkylation sites (tertiary alicyclic amines) is 1. The molecule has 8 heteroatoms. The molecule has 0 amide bonds. The zero-order chi connectivity index (χ0) is 23.7. The van der Waals surface area contributed by atoms with Crippen LogP contribution < -0.4 is 20.5 Å². The van der Waals surface area contributed by atoms with Gasteiger partial charge in [-0.1, -0.05) is 30.3 Å². The van der Waals surface area contributed by atoms with Gasteiger partial charge >= 0.3 is 0 Å². The highest BCUT2D eigenvalue weighted by molar-refractivity contribution is 5.94. The van der Waals surface area contributed by atoms with E-state index in [0.29, 0.717) is 34.3 Å². The van der Waals surface area contributed by atoms with E-state index in [-0.39, 0.29) is 11.9 Å². The van der Waals surface area contributed by atoms with E-state index >= 15 is 0 Å². The molecule has 1 aliphatic heterocycles. The number of methoxy groups -OCH3 is 1. The third-order valence-electron chi connectivity index (χ3n) is 5.97. The molecule has 1 aliphatic rings. The van der Waals surface area contributed by atoms with Crippen LogP contribution in [0.2, 0.25) is 0 Å². The molecule has 1 saturated heterocycles. The number of halogens is 1. The van der Waals surface area contributed by atoms with E-state index in [1.165, 1.54) is 12.1 Å².